The van der Waals surface area contributed by atoms with Crippen LogP contribution in [0.15, 0.2) is 48.5 Å². The average molecular weight is 645 g/mol. The molecule has 250 valence electrons. The Balaban J connectivity index is 1.57. The van der Waals surface area contributed by atoms with Crippen LogP contribution in [0, 0.1) is 62.3 Å². The van der Waals surface area contributed by atoms with Gasteiger partial charge in [0.15, 0.2) is 0 Å². The molecule has 5 nitrogen and oxygen atoms in total. The number of rotatable bonds is 8. The molecule has 5 rings (SSSR count). The number of hydrogen-bond acceptors (Lipinski definition) is 5. The first-order chi connectivity index (χ1) is 22.6. The third-order valence-corrected chi connectivity index (χ3v) is 10.5. The van der Waals surface area contributed by atoms with E-state index in [9.17, 15) is 25.5 Å². The van der Waals surface area contributed by atoms with Crippen molar-refractivity contribution in [2.45, 2.75) is 88.0 Å². The van der Waals surface area contributed by atoms with Gasteiger partial charge in [-0.3, -0.25) is 0 Å². The monoisotopic (exact) mass is 644 g/mol. The first-order valence-corrected chi connectivity index (χ1v) is 16.6. The highest BCUT2D eigenvalue weighted by atomic mass is 16.3. The van der Waals surface area contributed by atoms with Crippen LogP contribution in [0.1, 0.15) is 94.6 Å². The van der Waals surface area contributed by atoms with Crippen LogP contribution in [0.4, 0.5) is 0 Å². The summed E-state index contributed by atoms with van der Waals surface area (Å²) in [5.41, 5.74) is 15.6. The van der Waals surface area contributed by atoms with E-state index in [0.29, 0.717) is 25.7 Å². The molecule has 0 unspecified atom stereocenters. The van der Waals surface area contributed by atoms with Gasteiger partial charge in [-0.05, 0) is 148 Å². The smallest absolute Gasteiger partial charge is 0.122 e. The molecule has 0 bridgehead atoms. The van der Waals surface area contributed by atoms with Crippen LogP contribution in [-0.4, -0.2) is 25.5 Å². The summed E-state index contributed by atoms with van der Waals surface area (Å²) in [6.45, 7) is 17.9. The summed E-state index contributed by atoms with van der Waals surface area (Å²) in [6.07, 6.45) is 1.92. The van der Waals surface area contributed by atoms with Crippen LogP contribution in [0.25, 0.3) is 0 Å². The van der Waals surface area contributed by atoms with Crippen molar-refractivity contribution in [3.63, 3.8) is 0 Å². The fourth-order valence-corrected chi connectivity index (χ4v) is 7.12. The summed E-state index contributed by atoms with van der Waals surface area (Å²) in [7, 11) is 0. The van der Waals surface area contributed by atoms with Gasteiger partial charge in [0.1, 0.15) is 28.7 Å². The van der Waals surface area contributed by atoms with Gasteiger partial charge >= 0.3 is 0 Å². The van der Waals surface area contributed by atoms with Crippen molar-refractivity contribution in [1.82, 2.24) is 0 Å². The predicted molar refractivity (Wildman–Crippen MR) is 194 cm³/mol. The molecule has 5 aromatic rings. The lowest BCUT2D eigenvalue weighted by molar-refractivity contribution is 0.458. The van der Waals surface area contributed by atoms with Crippen LogP contribution >= 0.6 is 0 Å². The standard InChI is InChI=1S/C43H48O5/c1-22-10-12-39(44)33(14-22)20-36-28(7)31(16-24(3)41(36)46)18-35-26(5)27(6)43(48)38(30(35)9)19-32-17-25(4)42(47)37(29(32)8)21-34-15-23(2)11-13-40(34)45/h10-17,44-48H,18-21H2,1-9H3. The molecule has 0 heterocycles. The van der Waals surface area contributed by atoms with E-state index in [-0.39, 0.29) is 28.7 Å². The van der Waals surface area contributed by atoms with Gasteiger partial charge < -0.3 is 25.5 Å². The fourth-order valence-electron chi connectivity index (χ4n) is 7.12. The maximum Gasteiger partial charge on any atom is 0.122 e. The molecule has 5 heteroatoms. The molecule has 5 aromatic carbocycles. The topological polar surface area (TPSA) is 101 Å². The van der Waals surface area contributed by atoms with Crippen LogP contribution in [0.5, 0.6) is 28.7 Å². The highest BCUT2D eigenvalue weighted by molar-refractivity contribution is 5.60. The molecule has 0 spiro atoms. The third kappa shape index (κ3) is 6.47. The summed E-state index contributed by atoms with van der Waals surface area (Å²) in [6, 6.07) is 15.1. The Morgan fingerprint density at radius 1 is 0.354 bits per heavy atom. The Bertz CT molecular complexity index is 1920. The molecule has 0 saturated carbocycles. The van der Waals surface area contributed by atoms with Crippen LogP contribution in [0.3, 0.4) is 0 Å². The Hall–Kier alpha value is -4.90. The van der Waals surface area contributed by atoms with Crippen molar-refractivity contribution in [2.24, 2.45) is 0 Å². The number of benzene rings is 5. The van der Waals surface area contributed by atoms with E-state index in [2.05, 4.69) is 13.8 Å². The molecule has 0 aromatic heterocycles. The highest BCUT2D eigenvalue weighted by Gasteiger charge is 2.23. The second-order valence-electron chi connectivity index (χ2n) is 13.8. The van der Waals surface area contributed by atoms with E-state index in [1.165, 1.54) is 0 Å². The highest BCUT2D eigenvalue weighted by Crippen LogP contribution is 2.40. The van der Waals surface area contributed by atoms with Gasteiger partial charge in [0.2, 0.25) is 0 Å². The molecule has 0 amide bonds. The number of phenolic OH excluding ortho intramolecular Hbond substituents is 5. The zero-order chi connectivity index (χ0) is 35.2. The Morgan fingerprint density at radius 2 is 0.729 bits per heavy atom. The van der Waals surface area contributed by atoms with Gasteiger partial charge in [-0.25, -0.2) is 0 Å². The van der Waals surface area contributed by atoms with Gasteiger partial charge in [-0.1, -0.05) is 47.5 Å². The molecule has 5 N–H and O–H groups in total. The maximum absolute atomic E-state index is 11.5. The van der Waals surface area contributed by atoms with Crippen LogP contribution in [0.2, 0.25) is 0 Å². The summed E-state index contributed by atoms with van der Waals surface area (Å²) in [5, 5.41) is 55.0. The lowest BCUT2D eigenvalue weighted by Gasteiger charge is -2.23. The molecular formula is C43H48O5. The normalized spacial score (nSPS) is 11.4. The Morgan fingerprint density at radius 3 is 1.17 bits per heavy atom. The second-order valence-corrected chi connectivity index (χ2v) is 13.8. The molecule has 0 fully saturated rings. The second kappa shape index (κ2) is 13.3. The van der Waals surface area contributed by atoms with Crippen molar-refractivity contribution in [2.75, 3.05) is 0 Å². The molecule has 0 atom stereocenters. The van der Waals surface area contributed by atoms with Gasteiger partial charge in [0.25, 0.3) is 0 Å². The minimum atomic E-state index is 0.202. The summed E-state index contributed by atoms with van der Waals surface area (Å²) >= 11 is 0. The van der Waals surface area contributed by atoms with Crippen molar-refractivity contribution in [3.8, 4) is 28.7 Å². The molecular weight excluding hydrogens is 596 g/mol. The van der Waals surface area contributed by atoms with E-state index >= 15 is 0 Å². The van der Waals surface area contributed by atoms with E-state index in [0.717, 1.165) is 94.6 Å². The zero-order valence-corrected chi connectivity index (χ0v) is 29.7. The SMILES string of the molecule is Cc1ccc(O)c(Cc2c(C)c(Cc3c(C)c(C)c(O)c(Cc4cc(C)c(O)c(Cc5cc(C)ccc5O)c4C)c3C)cc(C)c2O)c1. The average Bonchev–Trinajstić information content (AvgIpc) is 3.04. The van der Waals surface area contributed by atoms with Crippen molar-refractivity contribution < 1.29 is 25.5 Å². The number of aryl methyl sites for hydroxylation is 4. The Kier molecular flexibility index (Phi) is 9.55. The summed E-state index contributed by atoms with van der Waals surface area (Å²) < 4.78 is 0. The fraction of sp³-hybridized carbons (Fsp3) is 0.302. The van der Waals surface area contributed by atoms with Crippen molar-refractivity contribution >= 4 is 0 Å². The van der Waals surface area contributed by atoms with Gasteiger partial charge in [-0.2, -0.15) is 0 Å². The van der Waals surface area contributed by atoms with E-state index in [1.807, 2.05) is 84.9 Å². The quantitative estimate of drug-likeness (QED) is 0.116. The number of hydrogen-bond donors (Lipinski definition) is 5. The van der Waals surface area contributed by atoms with E-state index in [4.69, 9.17) is 0 Å². The van der Waals surface area contributed by atoms with E-state index in [1.54, 1.807) is 12.1 Å². The molecule has 0 saturated heterocycles. The molecule has 0 radical (unpaired) electrons. The molecule has 0 aliphatic rings. The molecule has 0 aliphatic heterocycles. The number of phenols is 5. The van der Waals surface area contributed by atoms with Gasteiger partial charge in [0, 0.05) is 36.0 Å². The Labute approximate surface area is 284 Å². The lowest BCUT2D eigenvalue weighted by atomic mass is 9.83. The number of aromatic hydroxyl groups is 5. The maximum atomic E-state index is 11.5. The van der Waals surface area contributed by atoms with Crippen molar-refractivity contribution in [1.29, 1.82) is 0 Å². The third-order valence-electron chi connectivity index (χ3n) is 10.5. The summed E-state index contributed by atoms with van der Waals surface area (Å²) in [5.74, 6) is 1.18. The first kappa shape index (κ1) is 34.4. The molecule has 48 heavy (non-hydrogen) atoms. The minimum absolute atomic E-state index is 0.202. The summed E-state index contributed by atoms with van der Waals surface area (Å²) in [4.78, 5) is 0. The first-order valence-electron chi connectivity index (χ1n) is 16.6. The largest absolute Gasteiger partial charge is 0.508 e. The lowest BCUT2D eigenvalue weighted by Crippen LogP contribution is -2.08. The van der Waals surface area contributed by atoms with Crippen LogP contribution < -0.4 is 0 Å². The van der Waals surface area contributed by atoms with Crippen molar-refractivity contribution in [3.05, 3.63) is 143 Å². The molecule has 0 aliphatic carbocycles. The van der Waals surface area contributed by atoms with Gasteiger partial charge in [-0.15, -0.1) is 0 Å². The predicted octanol–water partition coefficient (Wildman–Crippen LogP) is 9.35. The van der Waals surface area contributed by atoms with E-state index < -0.39 is 0 Å². The zero-order valence-electron chi connectivity index (χ0n) is 29.7. The minimum Gasteiger partial charge on any atom is -0.508 e. The van der Waals surface area contributed by atoms with Gasteiger partial charge in [0.05, 0.1) is 0 Å². The van der Waals surface area contributed by atoms with Crippen LogP contribution in [-0.2, 0) is 25.7 Å².